The summed E-state index contributed by atoms with van der Waals surface area (Å²) in [5, 5.41) is 0.282. The number of fused-ring (bicyclic) bond motifs is 1. The molecule has 0 bridgehead atoms. The van der Waals surface area contributed by atoms with E-state index in [9.17, 15) is 13.2 Å². The van der Waals surface area contributed by atoms with Crippen molar-refractivity contribution in [3.63, 3.8) is 0 Å². The molecule has 0 unspecified atom stereocenters. The molecular formula is C22H20Cl2F3N3O2. The number of alkyl halides is 3. The number of hydrogen-bond acceptors (Lipinski definition) is 4. The summed E-state index contributed by atoms with van der Waals surface area (Å²) in [5.74, 6) is 1.19. The van der Waals surface area contributed by atoms with Gasteiger partial charge in [-0.3, -0.25) is 0 Å². The van der Waals surface area contributed by atoms with Crippen LogP contribution in [0.2, 0.25) is 5.02 Å². The van der Waals surface area contributed by atoms with Crippen LogP contribution in [0.4, 0.5) is 13.2 Å². The first-order valence-electron chi connectivity index (χ1n) is 9.45. The van der Waals surface area contributed by atoms with Crippen molar-refractivity contribution in [1.29, 1.82) is 0 Å². The predicted molar refractivity (Wildman–Crippen MR) is 119 cm³/mol. The van der Waals surface area contributed by atoms with Crippen LogP contribution in [0.1, 0.15) is 32.4 Å². The standard InChI is InChI=1S/C22H19ClF3N3O2.ClH/c1-11-18(30-20(27-11)21(2,3)4)19-28-15-10-12(9-14(23)17(15)29-19)13-7-5-6-8-16(13)31-22(24,25)26;/h5-10H,1-4H3,(H,28,29);1H. The average molecular weight is 486 g/mol. The van der Waals surface area contributed by atoms with E-state index in [-0.39, 0.29) is 34.2 Å². The van der Waals surface area contributed by atoms with Crippen LogP contribution in [-0.2, 0) is 5.41 Å². The Morgan fingerprint density at radius 3 is 2.38 bits per heavy atom. The second kappa shape index (κ2) is 8.33. The molecule has 0 aliphatic heterocycles. The fourth-order valence-corrected chi connectivity index (χ4v) is 3.46. The molecule has 2 aromatic carbocycles. The third-order valence-corrected chi connectivity index (χ3v) is 4.91. The highest BCUT2D eigenvalue weighted by Gasteiger charge is 2.32. The Morgan fingerprint density at radius 2 is 1.75 bits per heavy atom. The number of halogens is 5. The van der Waals surface area contributed by atoms with E-state index in [2.05, 4.69) is 19.7 Å². The maximum absolute atomic E-state index is 12.8. The summed E-state index contributed by atoms with van der Waals surface area (Å²) in [7, 11) is 0. The molecule has 1 N–H and O–H groups in total. The van der Waals surface area contributed by atoms with Crippen molar-refractivity contribution in [3.8, 4) is 28.5 Å². The van der Waals surface area contributed by atoms with E-state index in [4.69, 9.17) is 16.0 Å². The van der Waals surface area contributed by atoms with Gasteiger partial charge in [0.25, 0.3) is 0 Å². The molecule has 0 atom stereocenters. The van der Waals surface area contributed by atoms with Crippen LogP contribution in [0.25, 0.3) is 33.7 Å². The van der Waals surface area contributed by atoms with Crippen LogP contribution < -0.4 is 4.74 Å². The molecule has 2 heterocycles. The van der Waals surface area contributed by atoms with E-state index in [1.807, 2.05) is 27.7 Å². The summed E-state index contributed by atoms with van der Waals surface area (Å²) in [6.45, 7) is 7.79. The lowest BCUT2D eigenvalue weighted by atomic mass is 9.97. The van der Waals surface area contributed by atoms with Crippen molar-refractivity contribution in [3.05, 3.63) is 53.0 Å². The molecule has 0 saturated carbocycles. The van der Waals surface area contributed by atoms with E-state index in [1.165, 1.54) is 18.2 Å². The predicted octanol–water partition coefficient (Wildman–Crippen LogP) is 7.46. The highest BCUT2D eigenvalue weighted by Crippen LogP contribution is 2.38. The number of nitrogens with zero attached hydrogens (tertiary/aromatic N) is 2. The number of oxazole rings is 1. The number of H-pyrrole nitrogens is 1. The zero-order valence-corrected chi connectivity index (χ0v) is 19.2. The number of nitrogens with one attached hydrogen (secondary N) is 1. The van der Waals surface area contributed by atoms with Crippen LogP contribution >= 0.6 is 24.0 Å². The first-order chi connectivity index (χ1) is 14.4. The molecule has 0 amide bonds. The number of imidazole rings is 1. The Kier molecular flexibility index (Phi) is 6.23. The topological polar surface area (TPSA) is 63.9 Å². The van der Waals surface area contributed by atoms with Crippen molar-refractivity contribution < 1.29 is 22.3 Å². The van der Waals surface area contributed by atoms with Gasteiger partial charge < -0.3 is 14.1 Å². The lowest BCUT2D eigenvalue weighted by molar-refractivity contribution is -0.274. The minimum atomic E-state index is -4.81. The van der Waals surface area contributed by atoms with E-state index < -0.39 is 6.36 Å². The Labute approximate surface area is 193 Å². The number of hydrogen-bond donors (Lipinski definition) is 1. The molecule has 0 fully saturated rings. The number of aromatic amines is 1. The van der Waals surface area contributed by atoms with Crippen LogP contribution in [-0.4, -0.2) is 21.3 Å². The highest BCUT2D eigenvalue weighted by atomic mass is 35.5. The fraction of sp³-hybridized carbons (Fsp3) is 0.273. The maximum atomic E-state index is 12.8. The van der Waals surface area contributed by atoms with E-state index >= 15 is 0 Å². The van der Waals surface area contributed by atoms with Gasteiger partial charge in [0.15, 0.2) is 11.6 Å². The lowest BCUT2D eigenvalue weighted by Crippen LogP contribution is -2.17. The normalized spacial score (nSPS) is 12.1. The Hall–Kier alpha value is -2.71. The molecule has 10 heteroatoms. The smallest absolute Gasteiger partial charge is 0.437 e. The van der Waals surface area contributed by atoms with Crippen molar-refractivity contribution in [1.82, 2.24) is 15.0 Å². The first kappa shape index (κ1) is 23.9. The molecule has 5 nitrogen and oxygen atoms in total. The third kappa shape index (κ3) is 4.71. The fourth-order valence-electron chi connectivity index (χ4n) is 3.19. The summed E-state index contributed by atoms with van der Waals surface area (Å²) in [6, 6.07) is 9.12. The minimum absolute atomic E-state index is 0. The Balaban J connectivity index is 0.00000289. The van der Waals surface area contributed by atoms with Gasteiger partial charge in [-0.15, -0.1) is 25.6 Å². The number of benzene rings is 2. The Morgan fingerprint density at radius 1 is 1.06 bits per heavy atom. The summed E-state index contributed by atoms with van der Waals surface area (Å²) in [5.41, 5.74) is 2.13. The zero-order valence-electron chi connectivity index (χ0n) is 17.6. The lowest BCUT2D eigenvalue weighted by Gasteiger charge is -2.13. The SMILES string of the molecule is Cc1nc(C(C)(C)C)oc1-c1nc2c(Cl)cc(-c3ccccc3OC(F)(F)F)cc2[nH]1.Cl. The average Bonchev–Trinajstić information content (AvgIpc) is 3.24. The highest BCUT2D eigenvalue weighted by molar-refractivity contribution is 6.35. The van der Waals surface area contributed by atoms with E-state index in [0.717, 1.165) is 0 Å². The summed E-state index contributed by atoms with van der Waals surface area (Å²) in [4.78, 5) is 12.1. The van der Waals surface area contributed by atoms with Gasteiger partial charge in [0.2, 0.25) is 5.89 Å². The molecule has 0 aliphatic carbocycles. The van der Waals surface area contributed by atoms with Crippen molar-refractivity contribution in [2.45, 2.75) is 39.5 Å². The molecule has 4 rings (SSSR count). The number of aryl methyl sites for hydroxylation is 1. The third-order valence-electron chi connectivity index (χ3n) is 4.62. The van der Waals surface area contributed by atoms with Gasteiger partial charge in [-0.05, 0) is 30.7 Å². The number of ether oxygens (including phenoxy) is 1. The molecule has 2 aromatic heterocycles. The van der Waals surface area contributed by atoms with Gasteiger partial charge in [0, 0.05) is 11.0 Å². The van der Waals surface area contributed by atoms with Gasteiger partial charge in [0.1, 0.15) is 11.3 Å². The van der Waals surface area contributed by atoms with Crippen LogP contribution in [0.3, 0.4) is 0 Å². The largest absolute Gasteiger partial charge is 0.573 e. The molecule has 0 spiro atoms. The van der Waals surface area contributed by atoms with Crippen molar-refractivity contribution >= 4 is 35.0 Å². The molecule has 0 saturated heterocycles. The van der Waals surface area contributed by atoms with Crippen molar-refractivity contribution in [2.75, 3.05) is 0 Å². The zero-order chi connectivity index (χ0) is 22.6. The summed E-state index contributed by atoms with van der Waals surface area (Å²) in [6.07, 6.45) is -4.81. The van der Waals surface area contributed by atoms with Gasteiger partial charge in [-0.2, -0.15) is 0 Å². The van der Waals surface area contributed by atoms with Crippen LogP contribution in [0.5, 0.6) is 5.75 Å². The second-order valence-corrected chi connectivity index (χ2v) is 8.57. The van der Waals surface area contributed by atoms with E-state index in [1.54, 1.807) is 18.2 Å². The second-order valence-electron chi connectivity index (χ2n) is 8.17. The van der Waals surface area contributed by atoms with Crippen molar-refractivity contribution in [2.24, 2.45) is 0 Å². The summed E-state index contributed by atoms with van der Waals surface area (Å²) >= 11 is 6.42. The molecule has 0 radical (unpaired) electrons. The van der Waals surface area contributed by atoms with Crippen LogP contribution in [0.15, 0.2) is 40.8 Å². The number of rotatable bonds is 3. The van der Waals surface area contributed by atoms with Gasteiger partial charge in [0.05, 0.1) is 16.2 Å². The van der Waals surface area contributed by atoms with Gasteiger partial charge in [-0.25, -0.2) is 9.97 Å². The molecule has 32 heavy (non-hydrogen) atoms. The summed E-state index contributed by atoms with van der Waals surface area (Å²) < 4.78 is 48.5. The minimum Gasteiger partial charge on any atom is -0.437 e. The Bertz CT molecular complexity index is 1270. The first-order valence-corrected chi connectivity index (χ1v) is 9.83. The number of para-hydroxylation sites is 1. The number of aromatic nitrogens is 3. The molecule has 170 valence electrons. The molecule has 4 aromatic rings. The van der Waals surface area contributed by atoms with Gasteiger partial charge in [-0.1, -0.05) is 50.6 Å². The molecular weight excluding hydrogens is 466 g/mol. The van der Waals surface area contributed by atoms with Gasteiger partial charge >= 0.3 is 6.36 Å². The monoisotopic (exact) mass is 485 g/mol. The molecule has 0 aliphatic rings. The van der Waals surface area contributed by atoms with Crippen LogP contribution in [0, 0.1) is 6.92 Å². The quantitative estimate of drug-likeness (QED) is 0.326. The maximum Gasteiger partial charge on any atom is 0.573 e. The van der Waals surface area contributed by atoms with E-state index in [0.29, 0.717) is 39.8 Å².